The minimum Gasteiger partial charge on any atom is -0.396 e. The molecule has 1 amide bonds. The fourth-order valence-electron chi connectivity index (χ4n) is 1.68. The largest absolute Gasteiger partial charge is 0.396 e. The van der Waals surface area contributed by atoms with Crippen molar-refractivity contribution in [2.24, 2.45) is 23.5 Å². The molecule has 0 bridgehead atoms. The van der Waals surface area contributed by atoms with Crippen LogP contribution in [0.15, 0.2) is 0 Å². The van der Waals surface area contributed by atoms with Crippen LogP contribution in [0.25, 0.3) is 0 Å². The first kappa shape index (κ1) is 15.4. The van der Waals surface area contributed by atoms with Crippen molar-refractivity contribution in [3.63, 3.8) is 0 Å². The number of hydrogen-bond acceptors (Lipinski definition) is 3. The van der Waals surface area contributed by atoms with Crippen LogP contribution < -0.4 is 11.1 Å². The Morgan fingerprint density at radius 1 is 1.25 bits per heavy atom. The molecule has 0 fully saturated rings. The van der Waals surface area contributed by atoms with Crippen LogP contribution in [-0.4, -0.2) is 30.2 Å². The van der Waals surface area contributed by atoms with E-state index in [2.05, 4.69) is 5.32 Å². The molecule has 4 N–H and O–H groups in total. The van der Waals surface area contributed by atoms with Gasteiger partial charge in [0.2, 0.25) is 5.91 Å². The number of nitrogens with one attached hydrogen (secondary N) is 1. The Bertz CT molecular complexity index is 205. The van der Waals surface area contributed by atoms with Crippen LogP contribution in [0.4, 0.5) is 0 Å². The number of carbonyl (C=O) groups is 1. The zero-order valence-corrected chi connectivity index (χ0v) is 10.9. The summed E-state index contributed by atoms with van der Waals surface area (Å²) in [5.74, 6) is 0.429. The van der Waals surface area contributed by atoms with Crippen LogP contribution in [0.5, 0.6) is 0 Å². The third-order valence-electron chi connectivity index (χ3n) is 2.97. The average Bonchev–Trinajstić information content (AvgIpc) is 2.17. The van der Waals surface area contributed by atoms with Gasteiger partial charge in [0.25, 0.3) is 0 Å². The highest BCUT2D eigenvalue weighted by atomic mass is 16.3. The van der Waals surface area contributed by atoms with Crippen molar-refractivity contribution in [3.8, 4) is 0 Å². The molecule has 4 nitrogen and oxygen atoms in total. The second kappa shape index (κ2) is 7.63. The molecule has 0 saturated heterocycles. The van der Waals surface area contributed by atoms with E-state index in [1.165, 1.54) is 0 Å². The maximum Gasteiger partial charge on any atom is 0.224 e. The molecular formula is C12H26N2O2. The Kier molecular flexibility index (Phi) is 7.34. The van der Waals surface area contributed by atoms with E-state index in [1.807, 2.05) is 27.7 Å². The molecule has 0 spiro atoms. The normalized spacial score (nSPS) is 15.2. The smallest absolute Gasteiger partial charge is 0.224 e. The number of aliphatic hydroxyl groups excluding tert-OH is 1. The highest BCUT2D eigenvalue weighted by Crippen LogP contribution is 2.12. The van der Waals surface area contributed by atoms with E-state index >= 15 is 0 Å². The quantitative estimate of drug-likeness (QED) is 0.604. The molecule has 0 aliphatic carbocycles. The first-order valence-electron chi connectivity index (χ1n) is 6.05. The molecule has 0 saturated carbocycles. The molecule has 0 rings (SSSR count). The number of rotatable bonds is 7. The number of carbonyl (C=O) groups excluding carboxylic acids is 1. The van der Waals surface area contributed by atoms with Gasteiger partial charge in [0.05, 0.1) is 5.92 Å². The number of aliphatic hydroxyl groups is 1. The van der Waals surface area contributed by atoms with Crippen LogP contribution in [0, 0.1) is 17.8 Å². The number of nitrogens with two attached hydrogens (primary N) is 1. The molecule has 0 aliphatic heterocycles. The molecule has 0 aliphatic rings. The van der Waals surface area contributed by atoms with Gasteiger partial charge in [-0.15, -0.1) is 0 Å². The van der Waals surface area contributed by atoms with Crippen molar-refractivity contribution in [2.45, 2.75) is 40.2 Å². The van der Waals surface area contributed by atoms with Crippen LogP contribution >= 0.6 is 0 Å². The third-order valence-corrected chi connectivity index (χ3v) is 2.97. The van der Waals surface area contributed by atoms with Gasteiger partial charge in [0.15, 0.2) is 0 Å². The molecule has 96 valence electrons. The summed E-state index contributed by atoms with van der Waals surface area (Å²) in [6, 6.07) is 0.0327. The fourth-order valence-corrected chi connectivity index (χ4v) is 1.68. The Labute approximate surface area is 98.6 Å². The lowest BCUT2D eigenvalue weighted by Crippen LogP contribution is -2.45. The van der Waals surface area contributed by atoms with Gasteiger partial charge in [-0.2, -0.15) is 0 Å². The third kappa shape index (κ3) is 4.94. The molecule has 0 heterocycles. The zero-order chi connectivity index (χ0) is 12.7. The van der Waals surface area contributed by atoms with Gasteiger partial charge in [-0.1, -0.05) is 27.7 Å². The van der Waals surface area contributed by atoms with Crippen LogP contribution in [0.2, 0.25) is 0 Å². The minimum absolute atomic E-state index is 0.00431. The molecule has 0 aromatic carbocycles. The topological polar surface area (TPSA) is 75.3 Å². The molecule has 2 atom stereocenters. The standard InChI is InChI=1S/C12H26N2O2/c1-8(2)10(7-13)12(16)14-11(5-6-15)9(3)4/h8-11,15H,5-7,13H2,1-4H3,(H,14,16). The summed E-state index contributed by atoms with van der Waals surface area (Å²) < 4.78 is 0. The van der Waals surface area contributed by atoms with E-state index in [0.717, 1.165) is 0 Å². The summed E-state index contributed by atoms with van der Waals surface area (Å²) in [5, 5.41) is 11.9. The van der Waals surface area contributed by atoms with Gasteiger partial charge in [-0.05, 0) is 18.3 Å². The summed E-state index contributed by atoms with van der Waals surface area (Å²) in [7, 11) is 0. The van der Waals surface area contributed by atoms with E-state index in [4.69, 9.17) is 10.8 Å². The Hall–Kier alpha value is -0.610. The highest BCUT2D eigenvalue weighted by molar-refractivity contribution is 5.79. The molecule has 0 aromatic heterocycles. The van der Waals surface area contributed by atoms with E-state index < -0.39 is 0 Å². The Morgan fingerprint density at radius 2 is 1.81 bits per heavy atom. The van der Waals surface area contributed by atoms with Crippen molar-refractivity contribution in [1.29, 1.82) is 0 Å². The van der Waals surface area contributed by atoms with E-state index in [-0.39, 0.29) is 30.4 Å². The van der Waals surface area contributed by atoms with E-state index in [1.54, 1.807) is 0 Å². The maximum absolute atomic E-state index is 11.9. The van der Waals surface area contributed by atoms with Crippen LogP contribution in [0.1, 0.15) is 34.1 Å². The highest BCUT2D eigenvalue weighted by Gasteiger charge is 2.24. The van der Waals surface area contributed by atoms with Gasteiger partial charge >= 0.3 is 0 Å². The maximum atomic E-state index is 11.9. The summed E-state index contributed by atoms with van der Waals surface area (Å²) in [6.45, 7) is 8.52. The lowest BCUT2D eigenvalue weighted by molar-refractivity contribution is -0.127. The monoisotopic (exact) mass is 230 g/mol. The molecule has 0 aromatic rings. The first-order valence-corrected chi connectivity index (χ1v) is 6.05. The zero-order valence-electron chi connectivity index (χ0n) is 10.9. The van der Waals surface area contributed by atoms with Crippen molar-refractivity contribution in [1.82, 2.24) is 5.32 Å². The SMILES string of the molecule is CC(C)C(CCO)NC(=O)C(CN)C(C)C. The first-order chi connectivity index (χ1) is 7.43. The summed E-state index contributed by atoms with van der Waals surface area (Å²) in [5.41, 5.74) is 5.59. The van der Waals surface area contributed by atoms with Crippen LogP contribution in [-0.2, 0) is 4.79 Å². The molecule has 0 radical (unpaired) electrons. The molecule has 16 heavy (non-hydrogen) atoms. The summed E-state index contributed by atoms with van der Waals surface area (Å²) >= 11 is 0. The van der Waals surface area contributed by atoms with E-state index in [9.17, 15) is 4.79 Å². The van der Waals surface area contributed by atoms with Gasteiger partial charge < -0.3 is 16.2 Å². The minimum atomic E-state index is -0.139. The Balaban J connectivity index is 4.37. The lowest BCUT2D eigenvalue weighted by Gasteiger charge is -2.25. The van der Waals surface area contributed by atoms with Crippen molar-refractivity contribution in [2.75, 3.05) is 13.2 Å². The Morgan fingerprint density at radius 3 is 2.12 bits per heavy atom. The van der Waals surface area contributed by atoms with Gasteiger partial charge in [-0.25, -0.2) is 0 Å². The molecule has 2 unspecified atom stereocenters. The van der Waals surface area contributed by atoms with Gasteiger partial charge in [0.1, 0.15) is 0 Å². The van der Waals surface area contributed by atoms with Crippen molar-refractivity contribution < 1.29 is 9.90 Å². The second-order valence-corrected chi connectivity index (χ2v) is 4.96. The van der Waals surface area contributed by atoms with Gasteiger partial charge in [0, 0.05) is 19.2 Å². The second-order valence-electron chi connectivity index (χ2n) is 4.96. The van der Waals surface area contributed by atoms with Crippen LogP contribution in [0.3, 0.4) is 0 Å². The average molecular weight is 230 g/mol. The fraction of sp³-hybridized carbons (Fsp3) is 0.917. The predicted molar refractivity (Wildman–Crippen MR) is 65.9 cm³/mol. The van der Waals surface area contributed by atoms with Crippen molar-refractivity contribution >= 4 is 5.91 Å². The summed E-state index contributed by atoms with van der Waals surface area (Å²) in [4.78, 5) is 11.9. The van der Waals surface area contributed by atoms with Crippen molar-refractivity contribution in [3.05, 3.63) is 0 Å². The lowest BCUT2D eigenvalue weighted by atomic mass is 9.93. The number of amides is 1. The van der Waals surface area contributed by atoms with E-state index in [0.29, 0.717) is 18.9 Å². The molecule has 4 heteroatoms. The summed E-state index contributed by atoms with van der Waals surface area (Å²) in [6.07, 6.45) is 0.596. The van der Waals surface area contributed by atoms with Gasteiger partial charge in [-0.3, -0.25) is 4.79 Å². The number of hydrogen-bond donors (Lipinski definition) is 3. The predicted octanol–water partition coefficient (Wildman–Crippen LogP) is 0.741. The molecular weight excluding hydrogens is 204 g/mol.